The molecule has 0 saturated carbocycles. The Morgan fingerprint density at radius 1 is 1.20 bits per heavy atom. The van der Waals surface area contributed by atoms with Gasteiger partial charge in [-0.2, -0.15) is 21.6 Å². The van der Waals surface area contributed by atoms with E-state index in [0.717, 1.165) is 0 Å². The van der Waals surface area contributed by atoms with Crippen molar-refractivity contribution in [2.75, 3.05) is 19.0 Å². The Kier molecular flexibility index (Phi) is 5.99. The third-order valence-electron chi connectivity index (χ3n) is 4.53. The highest BCUT2D eigenvalue weighted by Gasteiger charge is 2.57. The summed E-state index contributed by atoms with van der Waals surface area (Å²) in [4.78, 5) is 12.3. The number of carbonyl (C=O) groups is 1. The molecule has 1 aliphatic heterocycles. The maximum Gasteiger partial charge on any atom is 0.429 e. The van der Waals surface area contributed by atoms with E-state index in [9.17, 15) is 26.4 Å². The molecule has 1 saturated heterocycles. The van der Waals surface area contributed by atoms with Crippen molar-refractivity contribution in [3.63, 3.8) is 0 Å². The molecular formula is C19H19F3O7S. The Morgan fingerprint density at radius 2 is 1.83 bits per heavy atom. The summed E-state index contributed by atoms with van der Waals surface area (Å²) < 4.78 is 86.1. The molecule has 2 atom stereocenters. The average molecular weight is 448 g/mol. The highest BCUT2D eigenvalue weighted by Crippen LogP contribution is 2.35. The van der Waals surface area contributed by atoms with Crippen molar-refractivity contribution in [1.29, 1.82) is 0 Å². The van der Waals surface area contributed by atoms with Gasteiger partial charge in [0.25, 0.3) is 10.1 Å². The van der Waals surface area contributed by atoms with Crippen LogP contribution >= 0.6 is 0 Å². The van der Waals surface area contributed by atoms with Gasteiger partial charge in [0.05, 0.1) is 13.0 Å². The lowest BCUT2D eigenvalue weighted by Gasteiger charge is -2.30. The largest absolute Gasteiger partial charge is 0.490 e. The molecule has 30 heavy (non-hydrogen) atoms. The Balaban J connectivity index is 1.82. The zero-order valence-electron chi connectivity index (χ0n) is 15.8. The van der Waals surface area contributed by atoms with E-state index in [1.165, 1.54) is 0 Å². The van der Waals surface area contributed by atoms with Crippen molar-refractivity contribution in [2.24, 2.45) is 0 Å². The minimum atomic E-state index is -5.21. The number of halogens is 3. The molecular weight excluding hydrogens is 429 g/mol. The van der Waals surface area contributed by atoms with E-state index in [2.05, 4.69) is 4.74 Å². The fraction of sp³-hybridized carbons (Fsp3) is 0.421. The molecule has 164 valence electrons. The van der Waals surface area contributed by atoms with E-state index in [1.54, 1.807) is 36.4 Å². The summed E-state index contributed by atoms with van der Waals surface area (Å²) in [5.41, 5.74) is -3.01. The van der Waals surface area contributed by atoms with E-state index in [0.29, 0.717) is 42.2 Å². The predicted molar refractivity (Wildman–Crippen MR) is 99.9 cm³/mol. The molecule has 2 aromatic rings. The van der Waals surface area contributed by atoms with Crippen LogP contribution in [0.5, 0.6) is 5.75 Å². The lowest BCUT2D eigenvalue weighted by Crippen LogP contribution is -2.51. The number of esters is 1. The molecule has 3 rings (SSSR count). The molecule has 0 radical (unpaired) electrons. The van der Waals surface area contributed by atoms with E-state index < -0.39 is 40.0 Å². The molecule has 11 heteroatoms. The quantitative estimate of drug-likeness (QED) is 0.376. The zero-order chi connectivity index (χ0) is 22.2. The topological polar surface area (TPSA) is 102 Å². The van der Waals surface area contributed by atoms with Crippen molar-refractivity contribution in [2.45, 2.75) is 31.2 Å². The summed E-state index contributed by atoms with van der Waals surface area (Å²) in [6, 6.07) is 9.99. The maximum atomic E-state index is 13.3. The second-order valence-electron chi connectivity index (χ2n) is 7.14. The van der Waals surface area contributed by atoms with Crippen LogP contribution < -0.4 is 4.74 Å². The third-order valence-corrected chi connectivity index (χ3v) is 5.45. The zero-order valence-corrected chi connectivity index (χ0v) is 16.6. The van der Waals surface area contributed by atoms with Crippen molar-refractivity contribution in [3.8, 4) is 5.75 Å². The molecule has 0 bridgehead atoms. The molecule has 1 heterocycles. The molecule has 0 aliphatic carbocycles. The molecule has 1 fully saturated rings. The number of epoxide rings is 1. The lowest BCUT2D eigenvalue weighted by molar-refractivity contribution is -0.255. The number of rotatable bonds is 8. The van der Waals surface area contributed by atoms with Crippen molar-refractivity contribution >= 4 is 26.9 Å². The fourth-order valence-electron chi connectivity index (χ4n) is 2.93. The Hall–Kier alpha value is -2.37. The van der Waals surface area contributed by atoms with Crippen molar-refractivity contribution < 1.29 is 45.1 Å². The van der Waals surface area contributed by atoms with Crippen LogP contribution in [0.25, 0.3) is 10.8 Å². The van der Waals surface area contributed by atoms with Crippen LogP contribution in [-0.4, -0.2) is 55.8 Å². The van der Waals surface area contributed by atoms with Crippen LogP contribution in [0.4, 0.5) is 13.2 Å². The number of hydrogen-bond donors (Lipinski definition) is 1. The summed E-state index contributed by atoms with van der Waals surface area (Å²) in [5.74, 6) is -2.56. The SMILES string of the molecule is CC(CS(=O)(=O)O)(OC(=O)Cc1cccc2c(OCC3CO3)cccc12)C(F)(F)F. The summed E-state index contributed by atoms with van der Waals surface area (Å²) in [7, 11) is -5.06. The maximum absolute atomic E-state index is 13.3. The van der Waals surface area contributed by atoms with Gasteiger partial charge in [0.15, 0.2) is 0 Å². The van der Waals surface area contributed by atoms with Crippen LogP contribution in [-0.2, 0) is 30.8 Å². The van der Waals surface area contributed by atoms with E-state index in [4.69, 9.17) is 14.0 Å². The highest BCUT2D eigenvalue weighted by atomic mass is 32.2. The number of fused-ring (bicyclic) bond motifs is 1. The number of carbonyl (C=O) groups excluding carboxylic acids is 1. The first-order valence-electron chi connectivity index (χ1n) is 8.87. The molecule has 0 aromatic heterocycles. The highest BCUT2D eigenvalue weighted by molar-refractivity contribution is 7.85. The second kappa shape index (κ2) is 8.05. The first-order valence-corrected chi connectivity index (χ1v) is 10.5. The molecule has 0 amide bonds. The molecule has 0 spiro atoms. The predicted octanol–water partition coefficient (Wildman–Crippen LogP) is 2.91. The standard InChI is InChI=1S/C19H19F3O7S/c1-18(19(20,21)22,11-30(24,25)26)29-17(23)8-12-4-2-6-15-14(12)5-3-7-16(15)28-10-13-9-27-13/h2-7,13H,8-11H2,1H3,(H,24,25,26). The Bertz CT molecular complexity index is 1050. The smallest absolute Gasteiger partial charge is 0.429 e. The van der Waals surface area contributed by atoms with Gasteiger partial charge >= 0.3 is 12.1 Å². The number of alkyl halides is 3. The Morgan fingerprint density at radius 3 is 2.43 bits per heavy atom. The normalized spacial score (nSPS) is 18.6. The summed E-state index contributed by atoms with van der Waals surface area (Å²) in [5, 5.41) is 1.23. The molecule has 7 nitrogen and oxygen atoms in total. The van der Waals surface area contributed by atoms with Gasteiger partial charge in [-0.3, -0.25) is 9.35 Å². The third kappa shape index (κ3) is 5.41. The molecule has 1 aliphatic rings. The lowest BCUT2D eigenvalue weighted by atomic mass is 10.0. The van der Waals surface area contributed by atoms with Gasteiger partial charge in [-0.15, -0.1) is 0 Å². The van der Waals surface area contributed by atoms with Crippen LogP contribution in [0.15, 0.2) is 36.4 Å². The van der Waals surface area contributed by atoms with Crippen molar-refractivity contribution in [3.05, 3.63) is 42.0 Å². The van der Waals surface area contributed by atoms with Gasteiger partial charge in [0.1, 0.15) is 24.2 Å². The van der Waals surface area contributed by atoms with Crippen LogP contribution in [0.2, 0.25) is 0 Å². The fourth-order valence-corrected chi connectivity index (χ4v) is 3.85. The van der Waals surface area contributed by atoms with Crippen LogP contribution in [0.3, 0.4) is 0 Å². The minimum absolute atomic E-state index is 0.0289. The number of hydrogen-bond acceptors (Lipinski definition) is 6. The van der Waals surface area contributed by atoms with Gasteiger partial charge in [0, 0.05) is 5.39 Å². The second-order valence-corrected chi connectivity index (χ2v) is 8.59. The molecule has 2 aromatic carbocycles. The monoisotopic (exact) mass is 448 g/mol. The van der Waals surface area contributed by atoms with Crippen molar-refractivity contribution in [1.82, 2.24) is 0 Å². The van der Waals surface area contributed by atoms with Gasteiger partial charge in [-0.05, 0) is 23.9 Å². The molecule has 2 unspecified atom stereocenters. The van der Waals surface area contributed by atoms with Gasteiger partial charge in [-0.1, -0.05) is 30.3 Å². The molecule has 1 N–H and O–H groups in total. The van der Waals surface area contributed by atoms with E-state index in [1.807, 2.05) is 0 Å². The van der Waals surface area contributed by atoms with Gasteiger partial charge < -0.3 is 14.2 Å². The Labute approximate surface area is 170 Å². The van der Waals surface area contributed by atoms with E-state index >= 15 is 0 Å². The average Bonchev–Trinajstić information content (AvgIpc) is 3.42. The number of benzene rings is 2. The minimum Gasteiger partial charge on any atom is -0.490 e. The summed E-state index contributed by atoms with van der Waals surface area (Å²) in [6.07, 6.45) is -5.71. The van der Waals surface area contributed by atoms with Gasteiger partial charge in [0.2, 0.25) is 5.60 Å². The first-order chi connectivity index (χ1) is 13.9. The van der Waals surface area contributed by atoms with E-state index in [-0.39, 0.29) is 6.10 Å². The van der Waals surface area contributed by atoms with Crippen LogP contribution in [0.1, 0.15) is 12.5 Å². The van der Waals surface area contributed by atoms with Crippen LogP contribution in [0, 0.1) is 0 Å². The summed E-state index contributed by atoms with van der Waals surface area (Å²) >= 11 is 0. The number of ether oxygens (including phenoxy) is 3. The van der Waals surface area contributed by atoms with Gasteiger partial charge in [-0.25, -0.2) is 0 Å². The first kappa shape index (κ1) is 22.3. The summed E-state index contributed by atoms with van der Waals surface area (Å²) in [6.45, 7) is 1.36.